The Labute approximate surface area is 303 Å². The monoisotopic (exact) mass is 700 g/mol. The zero-order chi connectivity index (χ0) is 37.3. The third-order valence-corrected chi connectivity index (χ3v) is 7.29. The number of carbonyl (C=O) groups is 4. The summed E-state index contributed by atoms with van der Waals surface area (Å²) in [5.74, 6) is -0.472. The van der Waals surface area contributed by atoms with E-state index in [1.165, 1.54) is 12.2 Å². The summed E-state index contributed by atoms with van der Waals surface area (Å²) in [6, 6.07) is 29.0. The van der Waals surface area contributed by atoms with Gasteiger partial charge in [0, 0.05) is 23.3 Å². The van der Waals surface area contributed by atoms with Crippen molar-refractivity contribution in [3.63, 3.8) is 0 Å². The minimum atomic E-state index is -0.527. The highest BCUT2D eigenvalue weighted by molar-refractivity contribution is 5.90. The smallest absolute Gasteiger partial charge is 0.336 e. The standard InChI is InChI=1S/C43H40O9/c1-30(2)42(46)49-27-5-6-32-7-9-33(10-8-32)13-25-40(44)51-38-21-15-35(16-22-38)36-17-23-39(24-18-36)52-41(45)26-14-34-11-19-37(20-12-34)48-28-29-50-43(47)31(3)4/h7-26H,1,3,5-6,27-29H2,2,4H3. The molecule has 0 radical (unpaired) electrons. The maximum atomic E-state index is 12.4. The Bertz CT molecular complexity index is 1770. The number of carbonyl (C=O) groups excluding carboxylic acids is 4. The third-order valence-electron chi connectivity index (χ3n) is 7.29. The topological polar surface area (TPSA) is 114 Å². The Morgan fingerprint density at radius 3 is 1.42 bits per heavy atom. The summed E-state index contributed by atoms with van der Waals surface area (Å²) in [5, 5.41) is 0. The largest absolute Gasteiger partial charge is 0.490 e. The van der Waals surface area contributed by atoms with E-state index in [0.29, 0.717) is 41.4 Å². The number of rotatable bonds is 17. The van der Waals surface area contributed by atoms with Crippen molar-refractivity contribution in [1.29, 1.82) is 0 Å². The first-order chi connectivity index (χ1) is 25.0. The van der Waals surface area contributed by atoms with Crippen LogP contribution < -0.4 is 14.2 Å². The molecule has 0 aromatic heterocycles. The van der Waals surface area contributed by atoms with Gasteiger partial charge in [-0.1, -0.05) is 73.8 Å². The van der Waals surface area contributed by atoms with Crippen molar-refractivity contribution in [3.05, 3.63) is 150 Å². The lowest BCUT2D eigenvalue weighted by atomic mass is 10.1. The summed E-state index contributed by atoms with van der Waals surface area (Å²) in [7, 11) is 0. The molecule has 0 fully saturated rings. The van der Waals surface area contributed by atoms with E-state index in [-0.39, 0.29) is 19.2 Å². The van der Waals surface area contributed by atoms with Gasteiger partial charge < -0.3 is 23.7 Å². The molecule has 4 rings (SSSR count). The molecule has 266 valence electrons. The van der Waals surface area contributed by atoms with Gasteiger partial charge in [0.2, 0.25) is 0 Å². The lowest BCUT2D eigenvalue weighted by molar-refractivity contribution is -0.140. The van der Waals surface area contributed by atoms with Crippen LogP contribution in [0.15, 0.2) is 134 Å². The van der Waals surface area contributed by atoms with Crippen molar-refractivity contribution in [2.24, 2.45) is 0 Å². The highest BCUT2D eigenvalue weighted by Crippen LogP contribution is 2.25. The Morgan fingerprint density at radius 1 is 0.538 bits per heavy atom. The molecule has 0 heterocycles. The van der Waals surface area contributed by atoms with Crippen LogP contribution in [0.4, 0.5) is 0 Å². The molecule has 0 saturated heterocycles. The van der Waals surface area contributed by atoms with Crippen molar-refractivity contribution >= 4 is 36.0 Å². The van der Waals surface area contributed by atoms with E-state index in [0.717, 1.165) is 34.2 Å². The summed E-state index contributed by atoms with van der Waals surface area (Å²) in [5.41, 5.74) is 5.22. The van der Waals surface area contributed by atoms with Crippen LogP contribution in [-0.2, 0) is 35.1 Å². The van der Waals surface area contributed by atoms with E-state index >= 15 is 0 Å². The van der Waals surface area contributed by atoms with Crippen molar-refractivity contribution in [2.75, 3.05) is 19.8 Å². The highest BCUT2D eigenvalue weighted by atomic mass is 16.6. The molecule has 0 saturated carbocycles. The molecule has 0 spiro atoms. The lowest BCUT2D eigenvalue weighted by Gasteiger charge is -2.07. The molecule has 52 heavy (non-hydrogen) atoms. The van der Waals surface area contributed by atoms with Crippen LogP contribution in [0.1, 0.15) is 37.0 Å². The molecule has 4 aromatic rings. The molecular weight excluding hydrogens is 660 g/mol. The van der Waals surface area contributed by atoms with Gasteiger partial charge in [-0.05, 0) is 103 Å². The minimum Gasteiger partial charge on any atom is -0.490 e. The number of hydrogen-bond acceptors (Lipinski definition) is 9. The number of aryl methyl sites for hydroxylation is 1. The van der Waals surface area contributed by atoms with Crippen LogP contribution >= 0.6 is 0 Å². The fraction of sp³-hybridized carbons (Fsp3) is 0.163. The molecule has 0 bridgehead atoms. The van der Waals surface area contributed by atoms with Gasteiger partial charge >= 0.3 is 23.9 Å². The fourth-order valence-corrected chi connectivity index (χ4v) is 4.51. The van der Waals surface area contributed by atoms with Crippen LogP contribution in [0.3, 0.4) is 0 Å². The van der Waals surface area contributed by atoms with Crippen molar-refractivity contribution < 1.29 is 42.9 Å². The fourth-order valence-electron chi connectivity index (χ4n) is 4.51. The molecule has 0 N–H and O–H groups in total. The van der Waals surface area contributed by atoms with Crippen LogP contribution in [0.25, 0.3) is 23.3 Å². The Balaban J connectivity index is 1.18. The lowest BCUT2D eigenvalue weighted by Crippen LogP contribution is -2.12. The molecule has 0 amide bonds. The number of esters is 4. The first kappa shape index (κ1) is 38.3. The van der Waals surface area contributed by atoms with Gasteiger partial charge in [-0.2, -0.15) is 0 Å². The molecule has 9 heteroatoms. The normalized spacial score (nSPS) is 10.8. The van der Waals surface area contributed by atoms with Crippen LogP contribution in [0.5, 0.6) is 17.2 Å². The minimum absolute atomic E-state index is 0.114. The number of ether oxygens (including phenoxy) is 5. The van der Waals surface area contributed by atoms with Gasteiger partial charge in [0.1, 0.15) is 30.5 Å². The van der Waals surface area contributed by atoms with Crippen LogP contribution in [0, 0.1) is 0 Å². The summed E-state index contributed by atoms with van der Waals surface area (Å²) in [4.78, 5) is 47.6. The maximum absolute atomic E-state index is 12.4. The molecule has 4 aromatic carbocycles. The second-order valence-corrected chi connectivity index (χ2v) is 11.7. The summed E-state index contributed by atoms with van der Waals surface area (Å²) in [6.07, 6.45) is 7.49. The van der Waals surface area contributed by atoms with E-state index < -0.39 is 17.9 Å². The van der Waals surface area contributed by atoms with E-state index in [1.807, 2.05) is 48.5 Å². The third kappa shape index (κ3) is 13.1. The van der Waals surface area contributed by atoms with Gasteiger partial charge in [0.15, 0.2) is 0 Å². The summed E-state index contributed by atoms with van der Waals surface area (Å²) >= 11 is 0. The first-order valence-corrected chi connectivity index (χ1v) is 16.5. The van der Waals surface area contributed by atoms with Crippen LogP contribution in [-0.4, -0.2) is 43.7 Å². The van der Waals surface area contributed by atoms with Gasteiger partial charge in [0.25, 0.3) is 0 Å². The Hall–Kier alpha value is -6.48. The first-order valence-electron chi connectivity index (χ1n) is 16.5. The molecule has 0 aliphatic rings. The predicted octanol–water partition coefficient (Wildman–Crippen LogP) is 8.14. The van der Waals surface area contributed by atoms with Gasteiger partial charge in [-0.15, -0.1) is 0 Å². The predicted molar refractivity (Wildman–Crippen MR) is 199 cm³/mol. The molecule has 0 aliphatic heterocycles. The Kier molecular flexibility index (Phi) is 14.5. The van der Waals surface area contributed by atoms with Crippen LogP contribution in [0.2, 0.25) is 0 Å². The zero-order valence-electron chi connectivity index (χ0n) is 29.2. The zero-order valence-corrected chi connectivity index (χ0v) is 29.2. The van der Waals surface area contributed by atoms with Crippen molar-refractivity contribution in [2.45, 2.75) is 26.7 Å². The van der Waals surface area contributed by atoms with Crippen molar-refractivity contribution in [1.82, 2.24) is 0 Å². The van der Waals surface area contributed by atoms with E-state index in [9.17, 15) is 19.2 Å². The second kappa shape index (κ2) is 19.6. The molecule has 0 atom stereocenters. The SMILES string of the molecule is C=C(C)C(=O)OCCCc1ccc(C=CC(=O)Oc2ccc(-c3ccc(OC(=O)C=Cc4ccc(OCCOC(=O)C(=C)C)cc4)cc3)cc2)cc1. The number of benzene rings is 4. The molecule has 0 unspecified atom stereocenters. The molecule has 9 nitrogen and oxygen atoms in total. The molecule has 0 aliphatic carbocycles. The van der Waals surface area contributed by atoms with E-state index in [1.54, 1.807) is 74.5 Å². The quantitative estimate of drug-likeness (QED) is 0.0466. The average Bonchev–Trinajstić information content (AvgIpc) is 3.14. The molecular formula is C43H40O9. The van der Waals surface area contributed by atoms with Gasteiger partial charge in [0.05, 0.1) is 6.61 Å². The van der Waals surface area contributed by atoms with Crippen molar-refractivity contribution in [3.8, 4) is 28.4 Å². The highest BCUT2D eigenvalue weighted by Gasteiger charge is 2.07. The van der Waals surface area contributed by atoms with Gasteiger partial charge in [-0.25, -0.2) is 19.2 Å². The van der Waals surface area contributed by atoms with Gasteiger partial charge in [-0.3, -0.25) is 0 Å². The van der Waals surface area contributed by atoms with E-state index in [2.05, 4.69) is 13.2 Å². The summed E-state index contributed by atoms with van der Waals surface area (Å²) < 4.78 is 26.5. The maximum Gasteiger partial charge on any atom is 0.336 e. The number of hydrogen-bond donors (Lipinski definition) is 0. The second-order valence-electron chi connectivity index (χ2n) is 11.7. The Morgan fingerprint density at radius 2 is 0.962 bits per heavy atom. The summed E-state index contributed by atoms with van der Waals surface area (Å²) in [6.45, 7) is 10.9. The average molecular weight is 701 g/mol. The van der Waals surface area contributed by atoms with E-state index in [4.69, 9.17) is 23.7 Å².